The quantitative estimate of drug-likeness (QED) is 0.454. The van der Waals surface area contributed by atoms with Crippen LogP contribution in [0, 0.1) is 11.3 Å². The molecule has 1 aliphatic rings. The molecule has 0 N–H and O–H groups in total. The highest BCUT2D eigenvalue weighted by Crippen LogP contribution is 2.39. The molecule has 2 amide bonds. The van der Waals surface area contributed by atoms with Gasteiger partial charge in [-0.25, -0.2) is 4.90 Å². The average Bonchev–Trinajstić information content (AvgIpc) is 3.43. The summed E-state index contributed by atoms with van der Waals surface area (Å²) in [7, 11) is 3.49. The fourth-order valence-corrected chi connectivity index (χ4v) is 4.44. The van der Waals surface area contributed by atoms with Gasteiger partial charge in [0, 0.05) is 53.9 Å². The molecule has 0 unspecified atom stereocenters. The average molecular weight is 424 g/mol. The van der Waals surface area contributed by atoms with E-state index < -0.39 is 0 Å². The number of anilines is 1. The maximum absolute atomic E-state index is 13.5. The summed E-state index contributed by atoms with van der Waals surface area (Å²) < 4.78 is 9.32. The summed E-state index contributed by atoms with van der Waals surface area (Å²) in [6.07, 6.45) is 5.33. The van der Waals surface area contributed by atoms with Crippen molar-refractivity contribution in [1.29, 1.82) is 5.26 Å². The lowest BCUT2D eigenvalue weighted by molar-refractivity contribution is -0.119. The van der Waals surface area contributed by atoms with E-state index in [9.17, 15) is 9.59 Å². The number of rotatable bonds is 5. The lowest BCUT2D eigenvalue weighted by Crippen LogP contribution is -2.30. The maximum atomic E-state index is 13.5. The van der Waals surface area contributed by atoms with Crippen molar-refractivity contribution >= 4 is 44.9 Å². The molecule has 0 radical (unpaired) electrons. The molecule has 32 heavy (non-hydrogen) atoms. The molecule has 1 aliphatic heterocycles. The van der Waals surface area contributed by atoms with Crippen LogP contribution >= 0.6 is 0 Å². The number of aryl methyl sites for hydroxylation is 2. The van der Waals surface area contributed by atoms with Crippen molar-refractivity contribution < 1.29 is 14.3 Å². The zero-order chi connectivity index (χ0) is 22.4. The summed E-state index contributed by atoms with van der Waals surface area (Å²) in [5, 5.41) is 10.7. The van der Waals surface area contributed by atoms with Crippen molar-refractivity contribution in [2.45, 2.75) is 13.0 Å². The van der Waals surface area contributed by atoms with Crippen molar-refractivity contribution in [2.75, 3.05) is 12.0 Å². The zero-order valence-corrected chi connectivity index (χ0v) is 17.7. The Morgan fingerprint density at radius 3 is 2.59 bits per heavy atom. The molecule has 2 aromatic carbocycles. The smallest absolute Gasteiger partial charge is 0.266 e. The maximum Gasteiger partial charge on any atom is 0.266 e. The zero-order valence-electron chi connectivity index (χ0n) is 17.7. The number of hydrogen-bond donors (Lipinski definition) is 0. The minimum absolute atomic E-state index is 0.294. The second-order valence-corrected chi connectivity index (χ2v) is 7.68. The minimum Gasteiger partial charge on any atom is -0.495 e. The molecule has 2 aromatic heterocycles. The normalized spacial score (nSPS) is 13.8. The predicted octanol–water partition coefficient (Wildman–Crippen LogP) is 4.01. The van der Waals surface area contributed by atoms with Gasteiger partial charge in [-0.1, -0.05) is 30.3 Å². The standard InChI is InChI=1S/C25H20N4O3/c1-27-14-19(16-7-3-4-9-20(16)27)18-13-23(30)29(25(18)31)21-15-28(12-6-11-26)24-17(21)8-5-10-22(24)32-2/h3-5,7-10,13-15H,6,12H2,1-2H3. The molecule has 4 aromatic rings. The van der Waals surface area contributed by atoms with Gasteiger partial charge >= 0.3 is 0 Å². The highest BCUT2D eigenvalue weighted by atomic mass is 16.5. The van der Waals surface area contributed by atoms with Gasteiger partial charge in [-0.05, 0) is 12.1 Å². The van der Waals surface area contributed by atoms with E-state index >= 15 is 0 Å². The van der Waals surface area contributed by atoms with Gasteiger partial charge in [0.1, 0.15) is 5.75 Å². The molecular weight excluding hydrogens is 404 g/mol. The number of carbonyl (C=O) groups is 2. The minimum atomic E-state index is -0.389. The van der Waals surface area contributed by atoms with Gasteiger partial charge < -0.3 is 13.9 Å². The number of fused-ring (bicyclic) bond motifs is 2. The van der Waals surface area contributed by atoms with Crippen LogP contribution in [0.5, 0.6) is 5.75 Å². The van der Waals surface area contributed by atoms with Gasteiger partial charge in [0.2, 0.25) is 0 Å². The van der Waals surface area contributed by atoms with Crippen LogP contribution in [0.25, 0.3) is 27.4 Å². The van der Waals surface area contributed by atoms with E-state index in [0.717, 1.165) is 27.4 Å². The van der Waals surface area contributed by atoms with E-state index in [2.05, 4.69) is 6.07 Å². The summed E-state index contributed by atoms with van der Waals surface area (Å²) in [6, 6.07) is 15.4. The van der Waals surface area contributed by atoms with Gasteiger partial charge in [-0.3, -0.25) is 9.59 Å². The molecule has 0 spiro atoms. The molecule has 5 rings (SSSR count). The van der Waals surface area contributed by atoms with Crippen LogP contribution < -0.4 is 9.64 Å². The van der Waals surface area contributed by atoms with Crippen molar-refractivity contribution in [2.24, 2.45) is 7.05 Å². The topological polar surface area (TPSA) is 80.3 Å². The lowest BCUT2D eigenvalue weighted by atomic mass is 10.1. The number of hydrogen-bond acceptors (Lipinski definition) is 4. The second-order valence-electron chi connectivity index (χ2n) is 7.68. The Kier molecular flexibility index (Phi) is 4.56. The Bertz CT molecular complexity index is 1480. The highest BCUT2D eigenvalue weighted by molar-refractivity contribution is 6.45. The van der Waals surface area contributed by atoms with Crippen molar-refractivity contribution in [3.63, 3.8) is 0 Å². The molecule has 0 aliphatic carbocycles. The first-order valence-electron chi connectivity index (χ1n) is 10.2. The van der Waals surface area contributed by atoms with Crippen molar-refractivity contribution in [1.82, 2.24) is 9.13 Å². The summed E-state index contributed by atoms with van der Waals surface area (Å²) in [4.78, 5) is 27.8. The number of carbonyl (C=O) groups excluding carboxylic acids is 2. The van der Waals surface area contributed by atoms with Gasteiger partial charge in [0.25, 0.3) is 11.8 Å². The van der Waals surface area contributed by atoms with E-state index in [1.54, 1.807) is 13.3 Å². The molecule has 0 fully saturated rings. The Hall–Kier alpha value is -4.31. The first-order valence-corrected chi connectivity index (χ1v) is 10.2. The van der Waals surface area contributed by atoms with Gasteiger partial charge in [0.05, 0.1) is 36.4 Å². The SMILES string of the molecule is COc1cccc2c(N3C(=O)C=C(c4cn(C)c5ccccc45)C3=O)cn(CCC#N)c12. The molecule has 3 heterocycles. The monoisotopic (exact) mass is 424 g/mol. The Balaban J connectivity index is 1.63. The third-order valence-corrected chi connectivity index (χ3v) is 5.87. The van der Waals surface area contributed by atoms with Gasteiger partial charge in [0.15, 0.2) is 0 Å². The molecule has 0 bridgehead atoms. The first kappa shape index (κ1) is 19.6. The predicted molar refractivity (Wildman–Crippen MR) is 122 cm³/mol. The van der Waals surface area contributed by atoms with Crippen LogP contribution in [0.4, 0.5) is 5.69 Å². The number of methoxy groups -OCH3 is 1. The van der Waals surface area contributed by atoms with Crippen LogP contribution in [0.2, 0.25) is 0 Å². The van der Waals surface area contributed by atoms with E-state index in [-0.39, 0.29) is 11.8 Å². The van der Waals surface area contributed by atoms with Crippen LogP contribution in [-0.2, 0) is 23.2 Å². The molecule has 7 heteroatoms. The molecule has 0 atom stereocenters. The molecule has 7 nitrogen and oxygen atoms in total. The Morgan fingerprint density at radius 1 is 1.03 bits per heavy atom. The Morgan fingerprint density at radius 2 is 1.81 bits per heavy atom. The Labute approximate surface area is 184 Å². The fraction of sp³-hybridized carbons (Fsp3) is 0.160. The number of para-hydroxylation sites is 2. The largest absolute Gasteiger partial charge is 0.495 e. The first-order chi connectivity index (χ1) is 15.5. The molecule has 158 valence electrons. The molecular formula is C25H20N4O3. The van der Waals surface area contributed by atoms with Crippen LogP contribution in [-0.4, -0.2) is 28.1 Å². The molecule has 0 saturated heterocycles. The number of amides is 2. The van der Waals surface area contributed by atoms with Crippen LogP contribution in [0.15, 0.2) is 60.9 Å². The number of benzene rings is 2. The summed E-state index contributed by atoms with van der Waals surface area (Å²) >= 11 is 0. The summed E-state index contributed by atoms with van der Waals surface area (Å²) in [6.45, 7) is 0.424. The van der Waals surface area contributed by atoms with Crippen LogP contribution in [0.1, 0.15) is 12.0 Å². The van der Waals surface area contributed by atoms with E-state index in [1.165, 1.54) is 11.0 Å². The number of imide groups is 1. The number of nitrogens with zero attached hydrogens (tertiary/aromatic N) is 4. The van der Waals surface area contributed by atoms with Crippen molar-refractivity contribution in [3.05, 3.63) is 66.5 Å². The number of nitriles is 1. The highest BCUT2D eigenvalue weighted by Gasteiger charge is 2.36. The van der Waals surface area contributed by atoms with Crippen molar-refractivity contribution in [3.8, 4) is 11.8 Å². The van der Waals surface area contributed by atoms with E-state index in [4.69, 9.17) is 10.00 Å². The third-order valence-electron chi connectivity index (χ3n) is 5.87. The number of ether oxygens (including phenoxy) is 1. The summed E-state index contributed by atoms with van der Waals surface area (Å²) in [5.41, 5.74) is 3.32. The van der Waals surface area contributed by atoms with E-state index in [1.807, 2.05) is 64.8 Å². The third kappa shape index (κ3) is 2.81. The fourth-order valence-electron chi connectivity index (χ4n) is 4.44. The number of aromatic nitrogens is 2. The van der Waals surface area contributed by atoms with Gasteiger partial charge in [-0.2, -0.15) is 5.26 Å². The van der Waals surface area contributed by atoms with Crippen LogP contribution in [0.3, 0.4) is 0 Å². The second kappa shape index (κ2) is 7.43. The van der Waals surface area contributed by atoms with Gasteiger partial charge in [-0.15, -0.1) is 0 Å². The lowest BCUT2D eigenvalue weighted by Gasteiger charge is -2.14. The van der Waals surface area contributed by atoms with E-state index in [0.29, 0.717) is 30.0 Å². The molecule has 0 saturated carbocycles. The summed E-state index contributed by atoms with van der Waals surface area (Å²) in [5.74, 6) is -0.137.